The van der Waals surface area contributed by atoms with Gasteiger partial charge in [-0.05, 0) is 36.5 Å². The number of sulfone groups is 1. The highest BCUT2D eigenvalue weighted by atomic mass is 32.2. The summed E-state index contributed by atoms with van der Waals surface area (Å²) in [5.41, 5.74) is 7.37. The fraction of sp³-hybridized carbons (Fsp3) is 0.500. The largest absolute Gasteiger partial charge is 0.399 e. The van der Waals surface area contributed by atoms with Crippen LogP contribution in [0.5, 0.6) is 0 Å². The summed E-state index contributed by atoms with van der Waals surface area (Å²) in [5, 5.41) is 2.82. The number of rotatable bonds is 5. The Hall–Kier alpha value is -1.56. The molecule has 0 aliphatic carbocycles. The van der Waals surface area contributed by atoms with Gasteiger partial charge < -0.3 is 11.1 Å². The van der Waals surface area contributed by atoms with Gasteiger partial charge in [0.1, 0.15) is 0 Å². The van der Waals surface area contributed by atoms with E-state index in [4.69, 9.17) is 5.73 Å². The molecule has 6 heteroatoms. The quantitative estimate of drug-likeness (QED) is 0.785. The van der Waals surface area contributed by atoms with Crippen LogP contribution in [-0.4, -0.2) is 32.4 Å². The molecule has 1 amide bonds. The molecule has 1 aliphatic rings. The number of nitrogen functional groups attached to an aromatic ring is 1. The minimum atomic E-state index is -2.87. The van der Waals surface area contributed by atoms with Gasteiger partial charge in [0.25, 0.3) is 0 Å². The molecule has 1 aromatic carbocycles. The molecule has 20 heavy (non-hydrogen) atoms. The molecule has 1 aliphatic heterocycles. The van der Waals surface area contributed by atoms with E-state index >= 15 is 0 Å². The topological polar surface area (TPSA) is 89.3 Å². The van der Waals surface area contributed by atoms with Crippen LogP contribution in [0.3, 0.4) is 0 Å². The predicted octanol–water partition coefficient (Wildman–Crippen LogP) is 0.752. The molecule has 1 heterocycles. The number of hydrogen-bond acceptors (Lipinski definition) is 4. The van der Waals surface area contributed by atoms with Crippen LogP contribution in [0.1, 0.15) is 18.4 Å². The first kappa shape index (κ1) is 14.8. The van der Waals surface area contributed by atoms with Crippen molar-refractivity contribution in [2.75, 3.05) is 23.8 Å². The number of carbonyl (C=O) groups is 1. The zero-order chi connectivity index (χ0) is 14.6. The van der Waals surface area contributed by atoms with Crippen LogP contribution >= 0.6 is 0 Å². The number of aryl methyl sites for hydroxylation is 1. The van der Waals surface area contributed by atoms with Gasteiger partial charge in [-0.25, -0.2) is 8.42 Å². The van der Waals surface area contributed by atoms with Crippen LogP contribution in [0.4, 0.5) is 5.69 Å². The van der Waals surface area contributed by atoms with Crippen LogP contribution in [0.2, 0.25) is 0 Å². The third kappa shape index (κ3) is 4.52. The Balaban J connectivity index is 1.69. The van der Waals surface area contributed by atoms with Gasteiger partial charge in [-0.15, -0.1) is 0 Å². The van der Waals surface area contributed by atoms with Crippen molar-refractivity contribution in [2.24, 2.45) is 5.92 Å². The highest BCUT2D eigenvalue weighted by Gasteiger charge is 2.27. The molecule has 5 nitrogen and oxygen atoms in total. The van der Waals surface area contributed by atoms with Crippen molar-refractivity contribution >= 4 is 21.4 Å². The van der Waals surface area contributed by atoms with E-state index < -0.39 is 9.84 Å². The lowest BCUT2D eigenvalue weighted by atomic mass is 10.1. The van der Waals surface area contributed by atoms with E-state index in [0.29, 0.717) is 31.5 Å². The van der Waals surface area contributed by atoms with Crippen LogP contribution < -0.4 is 11.1 Å². The first-order valence-electron chi connectivity index (χ1n) is 6.76. The second-order valence-corrected chi connectivity index (χ2v) is 7.54. The van der Waals surface area contributed by atoms with Gasteiger partial charge in [-0.2, -0.15) is 0 Å². The third-order valence-electron chi connectivity index (χ3n) is 3.54. The van der Waals surface area contributed by atoms with Crippen molar-refractivity contribution in [1.29, 1.82) is 0 Å². The Kier molecular flexibility index (Phi) is 4.65. The van der Waals surface area contributed by atoms with Gasteiger partial charge in [-0.3, -0.25) is 4.79 Å². The third-order valence-corrected chi connectivity index (χ3v) is 5.37. The van der Waals surface area contributed by atoms with Crippen LogP contribution in [-0.2, 0) is 21.1 Å². The summed E-state index contributed by atoms with van der Waals surface area (Å²) in [6.07, 6.45) is 1.72. The molecule has 1 atom stereocenters. The molecule has 1 unspecified atom stereocenters. The first-order chi connectivity index (χ1) is 9.44. The van der Waals surface area contributed by atoms with Crippen molar-refractivity contribution < 1.29 is 13.2 Å². The SMILES string of the molecule is Nc1ccc(CCC(=O)NCC2CCS(=O)(=O)C2)cc1. The fourth-order valence-corrected chi connectivity index (χ4v) is 4.18. The average molecular weight is 296 g/mol. The van der Waals surface area contributed by atoms with E-state index in [-0.39, 0.29) is 23.3 Å². The van der Waals surface area contributed by atoms with Gasteiger partial charge >= 0.3 is 0 Å². The lowest BCUT2D eigenvalue weighted by Gasteiger charge is -2.09. The Labute approximate surface area is 119 Å². The maximum Gasteiger partial charge on any atom is 0.220 e. The maximum atomic E-state index is 11.7. The average Bonchev–Trinajstić information content (AvgIpc) is 2.75. The molecule has 2 rings (SSSR count). The van der Waals surface area contributed by atoms with E-state index in [1.165, 1.54) is 0 Å². The number of anilines is 1. The summed E-state index contributed by atoms with van der Waals surface area (Å²) < 4.78 is 22.6. The summed E-state index contributed by atoms with van der Waals surface area (Å²) in [6, 6.07) is 7.45. The minimum absolute atomic E-state index is 0.0360. The van der Waals surface area contributed by atoms with Crippen LogP contribution in [0.15, 0.2) is 24.3 Å². The summed E-state index contributed by atoms with van der Waals surface area (Å²) in [5.74, 6) is 0.483. The number of nitrogens with two attached hydrogens (primary N) is 1. The number of hydrogen-bond donors (Lipinski definition) is 2. The van der Waals surface area contributed by atoms with Gasteiger partial charge in [-0.1, -0.05) is 12.1 Å². The standard InChI is InChI=1S/C14H20N2O3S/c15-13-4-1-11(2-5-13)3-6-14(17)16-9-12-7-8-20(18,19)10-12/h1-2,4-5,12H,3,6-10,15H2,(H,16,17). The van der Waals surface area contributed by atoms with Gasteiger partial charge in [0.05, 0.1) is 11.5 Å². The second-order valence-electron chi connectivity index (χ2n) is 5.31. The van der Waals surface area contributed by atoms with E-state index in [0.717, 1.165) is 5.56 Å². The van der Waals surface area contributed by atoms with Gasteiger partial charge in [0, 0.05) is 18.7 Å². The monoisotopic (exact) mass is 296 g/mol. The van der Waals surface area contributed by atoms with Gasteiger partial charge in [0.15, 0.2) is 9.84 Å². The molecule has 1 aromatic rings. The number of carbonyl (C=O) groups excluding carboxylic acids is 1. The second kappa shape index (κ2) is 6.26. The summed E-state index contributed by atoms with van der Waals surface area (Å²) >= 11 is 0. The number of nitrogens with one attached hydrogen (secondary N) is 1. The Morgan fingerprint density at radius 2 is 2.00 bits per heavy atom. The first-order valence-corrected chi connectivity index (χ1v) is 8.58. The van der Waals surface area contributed by atoms with Gasteiger partial charge in [0.2, 0.25) is 5.91 Å². The van der Waals surface area contributed by atoms with E-state index in [2.05, 4.69) is 5.32 Å². The smallest absolute Gasteiger partial charge is 0.220 e. The van der Waals surface area contributed by atoms with Crippen molar-refractivity contribution in [3.8, 4) is 0 Å². The Bertz CT molecular complexity index is 567. The molecule has 0 bridgehead atoms. The minimum Gasteiger partial charge on any atom is -0.399 e. The zero-order valence-electron chi connectivity index (χ0n) is 11.3. The Morgan fingerprint density at radius 3 is 2.60 bits per heavy atom. The van der Waals surface area contributed by atoms with Crippen molar-refractivity contribution in [3.63, 3.8) is 0 Å². The lowest BCUT2D eigenvalue weighted by molar-refractivity contribution is -0.121. The van der Waals surface area contributed by atoms with E-state index in [9.17, 15) is 13.2 Å². The molecule has 0 aromatic heterocycles. The summed E-state index contributed by atoms with van der Waals surface area (Å²) in [4.78, 5) is 11.7. The van der Waals surface area contributed by atoms with Crippen molar-refractivity contribution in [2.45, 2.75) is 19.3 Å². The highest BCUT2D eigenvalue weighted by Crippen LogP contribution is 2.17. The molecule has 1 saturated heterocycles. The summed E-state index contributed by atoms with van der Waals surface area (Å²) in [7, 11) is -2.87. The molecule has 0 saturated carbocycles. The zero-order valence-corrected chi connectivity index (χ0v) is 12.2. The Morgan fingerprint density at radius 1 is 1.30 bits per heavy atom. The van der Waals surface area contributed by atoms with Crippen molar-refractivity contribution in [3.05, 3.63) is 29.8 Å². The van der Waals surface area contributed by atoms with Crippen LogP contribution in [0.25, 0.3) is 0 Å². The lowest BCUT2D eigenvalue weighted by Crippen LogP contribution is -2.29. The highest BCUT2D eigenvalue weighted by molar-refractivity contribution is 7.91. The van der Waals surface area contributed by atoms with Crippen LogP contribution in [0, 0.1) is 5.92 Å². The molecular formula is C14H20N2O3S. The fourth-order valence-electron chi connectivity index (χ4n) is 2.32. The number of amides is 1. The maximum absolute atomic E-state index is 11.7. The molecule has 0 radical (unpaired) electrons. The molecule has 0 spiro atoms. The van der Waals surface area contributed by atoms with E-state index in [1.54, 1.807) is 0 Å². The molecule has 110 valence electrons. The number of benzene rings is 1. The van der Waals surface area contributed by atoms with E-state index in [1.807, 2.05) is 24.3 Å². The predicted molar refractivity (Wildman–Crippen MR) is 78.9 cm³/mol. The summed E-state index contributed by atoms with van der Waals surface area (Å²) in [6.45, 7) is 0.458. The molecule has 3 N–H and O–H groups in total. The van der Waals surface area contributed by atoms with Crippen molar-refractivity contribution in [1.82, 2.24) is 5.32 Å². The molecular weight excluding hydrogens is 276 g/mol. The normalized spacial score (nSPS) is 20.7. The molecule has 1 fully saturated rings.